The number of amides is 1. The van der Waals surface area contributed by atoms with Gasteiger partial charge in [-0.1, -0.05) is 26.0 Å². The Morgan fingerprint density at radius 1 is 1.30 bits per heavy atom. The first-order valence-corrected chi connectivity index (χ1v) is 6.51. The number of ether oxygens (including phenoxy) is 2. The van der Waals surface area contributed by atoms with E-state index in [0.717, 1.165) is 11.1 Å². The Bertz CT molecular complexity index is 483. The summed E-state index contributed by atoms with van der Waals surface area (Å²) in [6.45, 7) is 5.82. The van der Waals surface area contributed by atoms with E-state index in [-0.39, 0.29) is 19.1 Å². The van der Waals surface area contributed by atoms with Crippen molar-refractivity contribution in [2.24, 2.45) is 0 Å². The van der Waals surface area contributed by atoms with E-state index in [2.05, 4.69) is 23.9 Å². The molecule has 0 saturated heterocycles. The topological polar surface area (TPSA) is 64.6 Å². The number of hydrogen-bond donors (Lipinski definition) is 1. The minimum atomic E-state index is -0.489. The Morgan fingerprint density at radius 3 is 2.60 bits per heavy atom. The van der Waals surface area contributed by atoms with Crippen molar-refractivity contribution in [2.75, 3.05) is 20.3 Å². The zero-order chi connectivity index (χ0) is 15.1. The van der Waals surface area contributed by atoms with Gasteiger partial charge in [0.1, 0.15) is 12.3 Å². The highest BCUT2D eigenvalue weighted by molar-refractivity contribution is 5.82. The minimum Gasteiger partial charge on any atom is -0.483 e. The van der Waals surface area contributed by atoms with Crippen LogP contribution in [0.25, 0.3) is 0 Å². The molecule has 1 aromatic rings. The Morgan fingerprint density at radius 2 is 2.00 bits per heavy atom. The first kappa shape index (κ1) is 16.0. The highest BCUT2D eigenvalue weighted by Gasteiger charge is 2.11. The van der Waals surface area contributed by atoms with E-state index in [1.807, 2.05) is 25.1 Å². The molecule has 0 aliphatic rings. The van der Waals surface area contributed by atoms with Crippen molar-refractivity contribution >= 4 is 11.9 Å². The number of benzene rings is 1. The average molecular weight is 279 g/mol. The summed E-state index contributed by atoms with van der Waals surface area (Å²) in [5.74, 6) is 0.167. The lowest BCUT2D eigenvalue weighted by Crippen LogP contribution is -2.33. The molecule has 1 aromatic carbocycles. The number of methoxy groups -OCH3 is 1. The Kier molecular flexibility index (Phi) is 6.03. The van der Waals surface area contributed by atoms with Gasteiger partial charge in [-0.15, -0.1) is 0 Å². The van der Waals surface area contributed by atoms with Crippen LogP contribution in [-0.4, -0.2) is 32.1 Å². The average Bonchev–Trinajstić information content (AvgIpc) is 2.42. The molecule has 1 rings (SSSR count). The zero-order valence-electron chi connectivity index (χ0n) is 12.4. The predicted molar refractivity (Wildman–Crippen MR) is 75.8 cm³/mol. The fourth-order valence-electron chi connectivity index (χ4n) is 1.68. The van der Waals surface area contributed by atoms with Crippen molar-refractivity contribution in [3.63, 3.8) is 0 Å². The highest BCUT2D eigenvalue weighted by Crippen LogP contribution is 2.27. The fourth-order valence-corrected chi connectivity index (χ4v) is 1.68. The molecule has 0 radical (unpaired) electrons. The van der Waals surface area contributed by atoms with Crippen molar-refractivity contribution in [1.82, 2.24) is 5.32 Å². The molecule has 0 aliphatic carbocycles. The molecule has 0 aromatic heterocycles. The standard InChI is InChI=1S/C15H21NO4/c1-10(2)12-6-5-11(3)7-13(12)20-9-14(17)16-8-15(18)19-4/h5-7,10H,8-9H2,1-4H3,(H,16,17). The number of carbonyl (C=O) groups is 2. The van der Waals surface area contributed by atoms with Gasteiger partial charge in [-0.25, -0.2) is 0 Å². The zero-order valence-corrected chi connectivity index (χ0v) is 12.4. The van der Waals surface area contributed by atoms with Crippen LogP contribution in [0, 0.1) is 6.92 Å². The van der Waals surface area contributed by atoms with E-state index >= 15 is 0 Å². The third-order valence-electron chi connectivity index (χ3n) is 2.81. The van der Waals surface area contributed by atoms with Crippen LogP contribution in [0.15, 0.2) is 18.2 Å². The first-order valence-electron chi connectivity index (χ1n) is 6.51. The summed E-state index contributed by atoms with van der Waals surface area (Å²) < 4.78 is 9.98. The van der Waals surface area contributed by atoms with Crippen LogP contribution in [0.3, 0.4) is 0 Å². The highest BCUT2D eigenvalue weighted by atomic mass is 16.5. The number of aryl methyl sites for hydroxylation is 1. The van der Waals surface area contributed by atoms with Crippen LogP contribution < -0.4 is 10.1 Å². The molecular weight excluding hydrogens is 258 g/mol. The van der Waals surface area contributed by atoms with Crippen LogP contribution in [0.5, 0.6) is 5.75 Å². The van der Waals surface area contributed by atoms with E-state index in [9.17, 15) is 9.59 Å². The van der Waals surface area contributed by atoms with Crippen LogP contribution in [0.4, 0.5) is 0 Å². The maximum absolute atomic E-state index is 11.6. The second-order valence-electron chi connectivity index (χ2n) is 4.84. The molecule has 1 amide bonds. The van der Waals surface area contributed by atoms with Crippen molar-refractivity contribution in [3.05, 3.63) is 29.3 Å². The van der Waals surface area contributed by atoms with Gasteiger partial charge < -0.3 is 14.8 Å². The number of hydrogen-bond acceptors (Lipinski definition) is 4. The summed E-state index contributed by atoms with van der Waals surface area (Å²) in [5.41, 5.74) is 2.12. The van der Waals surface area contributed by atoms with Crippen molar-refractivity contribution < 1.29 is 19.1 Å². The third kappa shape index (κ3) is 4.91. The van der Waals surface area contributed by atoms with E-state index in [1.165, 1.54) is 7.11 Å². The van der Waals surface area contributed by atoms with Gasteiger partial charge >= 0.3 is 5.97 Å². The van der Waals surface area contributed by atoms with Gasteiger partial charge in [-0.05, 0) is 30.0 Å². The molecule has 0 heterocycles. The Labute approximate surface area is 119 Å². The van der Waals surface area contributed by atoms with E-state index in [1.54, 1.807) is 0 Å². The molecule has 1 N–H and O–H groups in total. The maximum atomic E-state index is 11.6. The van der Waals surface area contributed by atoms with Gasteiger partial charge in [-0.3, -0.25) is 9.59 Å². The second kappa shape index (κ2) is 7.53. The van der Waals surface area contributed by atoms with Crippen LogP contribution in [-0.2, 0) is 14.3 Å². The summed E-state index contributed by atoms with van der Waals surface area (Å²) in [6, 6.07) is 5.92. The predicted octanol–water partition coefficient (Wildman–Crippen LogP) is 1.79. The van der Waals surface area contributed by atoms with Gasteiger partial charge in [0.25, 0.3) is 5.91 Å². The van der Waals surface area contributed by atoms with Gasteiger partial charge in [0.15, 0.2) is 6.61 Å². The molecule has 5 heteroatoms. The molecule has 110 valence electrons. The summed E-state index contributed by atoms with van der Waals surface area (Å²) in [7, 11) is 1.27. The summed E-state index contributed by atoms with van der Waals surface area (Å²) >= 11 is 0. The first-order chi connectivity index (χ1) is 9.43. The van der Waals surface area contributed by atoms with Gasteiger partial charge in [0.05, 0.1) is 7.11 Å². The summed E-state index contributed by atoms with van der Waals surface area (Å²) in [5, 5.41) is 2.43. The molecule has 0 aliphatic heterocycles. The van der Waals surface area contributed by atoms with Crippen molar-refractivity contribution in [3.8, 4) is 5.75 Å². The number of nitrogens with one attached hydrogen (secondary N) is 1. The number of esters is 1. The van der Waals surface area contributed by atoms with Crippen molar-refractivity contribution in [1.29, 1.82) is 0 Å². The fraction of sp³-hybridized carbons (Fsp3) is 0.467. The largest absolute Gasteiger partial charge is 0.483 e. The summed E-state index contributed by atoms with van der Waals surface area (Å²) in [6.07, 6.45) is 0. The van der Waals surface area contributed by atoms with E-state index in [4.69, 9.17) is 4.74 Å². The van der Waals surface area contributed by atoms with Crippen LogP contribution in [0.1, 0.15) is 30.9 Å². The van der Waals surface area contributed by atoms with Gasteiger partial charge in [0, 0.05) is 0 Å². The van der Waals surface area contributed by atoms with E-state index in [0.29, 0.717) is 11.7 Å². The molecule has 0 unspecified atom stereocenters. The molecule has 0 bridgehead atoms. The number of rotatable bonds is 6. The lowest BCUT2D eigenvalue weighted by molar-refractivity contribution is -0.141. The summed E-state index contributed by atoms with van der Waals surface area (Å²) in [4.78, 5) is 22.5. The lowest BCUT2D eigenvalue weighted by Gasteiger charge is -2.14. The lowest BCUT2D eigenvalue weighted by atomic mass is 10.0. The molecule has 5 nitrogen and oxygen atoms in total. The number of carbonyl (C=O) groups excluding carboxylic acids is 2. The van der Waals surface area contributed by atoms with Crippen LogP contribution in [0.2, 0.25) is 0 Å². The third-order valence-corrected chi connectivity index (χ3v) is 2.81. The Hall–Kier alpha value is -2.04. The second-order valence-corrected chi connectivity index (χ2v) is 4.84. The smallest absolute Gasteiger partial charge is 0.325 e. The maximum Gasteiger partial charge on any atom is 0.325 e. The van der Waals surface area contributed by atoms with E-state index < -0.39 is 5.97 Å². The van der Waals surface area contributed by atoms with Gasteiger partial charge in [0.2, 0.25) is 0 Å². The minimum absolute atomic E-state index is 0.125. The normalized spacial score (nSPS) is 10.2. The molecule has 0 saturated carbocycles. The monoisotopic (exact) mass is 279 g/mol. The SMILES string of the molecule is COC(=O)CNC(=O)COc1cc(C)ccc1C(C)C. The quantitative estimate of drug-likeness (QED) is 0.806. The molecule has 0 spiro atoms. The molecule has 20 heavy (non-hydrogen) atoms. The molecule has 0 atom stereocenters. The molecule has 0 fully saturated rings. The Balaban J connectivity index is 2.58. The molecular formula is C15H21NO4. The van der Waals surface area contributed by atoms with Gasteiger partial charge in [-0.2, -0.15) is 0 Å². The van der Waals surface area contributed by atoms with Crippen LogP contribution >= 0.6 is 0 Å². The van der Waals surface area contributed by atoms with Crippen molar-refractivity contribution in [2.45, 2.75) is 26.7 Å².